The summed E-state index contributed by atoms with van der Waals surface area (Å²) in [6.45, 7) is 3.73. The van der Waals surface area contributed by atoms with Gasteiger partial charge < -0.3 is 15.2 Å². The van der Waals surface area contributed by atoms with Gasteiger partial charge in [-0.1, -0.05) is 0 Å². The zero-order valence-electron chi connectivity index (χ0n) is 14.0. The molecule has 0 aliphatic carbocycles. The Morgan fingerprint density at radius 2 is 2.27 bits per heavy atom. The number of halogens is 2. The van der Waals surface area contributed by atoms with E-state index < -0.39 is 17.8 Å². The van der Waals surface area contributed by atoms with Crippen LogP contribution in [0.3, 0.4) is 0 Å². The van der Waals surface area contributed by atoms with Crippen LogP contribution in [0.5, 0.6) is 5.75 Å². The van der Waals surface area contributed by atoms with Crippen molar-refractivity contribution in [1.29, 1.82) is 0 Å². The molecular formula is C17H16BrFN4O3. The van der Waals surface area contributed by atoms with Crippen molar-refractivity contribution in [2.45, 2.75) is 19.9 Å². The van der Waals surface area contributed by atoms with Crippen molar-refractivity contribution in [3.8, 4) is 5.75 Å². The number of nitrogens with zero attached hydrogens (tertiary/aromatic N) is 3. The number of hydrogen-bond acceptors (Lipinski definition) is 6. The van der Waals surface area contributed by atoms with E-state index in [2.05, 4.69) is 31.3 Å². The zero-order valence-corrected chi connectivity index (χ0v) is 15.6. The number of aromatic nitrogens is 3. The summed E-state index contributed by atoms with van der Waals surface area (Å²) < 4.78 is 20.4. The van der Waals surface area contributed by atoms with Crippen LogP contribution in [0.4, 0.5) is 10.2 Å². The summed E-state index contributed by atoms with van der Waals surface area (Å²) in [7, 11) is 0. The van der Waals surface area contributed by atoms with Crippen molar-refractivity contribution in [3.05, 3.63) is 52.0 Å². The maximum Gasteiger partial charge on any atom is 0.343 e. The second-order valence-electron chi connectivity index (χ2n) is 5.55. The van der Waals surface area contributed by atoms with Crippen LogP contribution < -0.4 is 5.32 Å². The Morgan fingerprint density at radius 3 is 3.00 bits per heavy atom. The van der Waals surface area contributed by atoms with Crippen LogP contribution in [0, 0.1) is 5.82 Å². The van der Waals surface area contributed by atoms with E-state index in [0.717, 1.165) is 0 Å². The van der Waals surface area contributed by atoms with E-state index in [0.29, 0.717) is 17.0 Å². The lowest BCUT2D eigenvalue weighted by atomic mass is 10.1. The van der Waals surface area contributed by atoms with Gasteiger partial charge in [-0.2, -0.15) is 5.10 Å². The van der Waals surface area contributed by atoms with Gasteiger partial charge >= 0.3 is 5.97 Å². The highest BCUT2D eigenvalue weighted by Crippen LogP contribution is 2.34. The number of ether oxygens (including phenoxy) is 1. The van der Waals surface area contributed by atoms with Crippen molar-refractivity contribution in [2.24, 2.45) is 0 Å². The van der Waals surface area contributed by atoms with Gasteiger partial charge in [-0.05, 0) is 48.0 Å². The first-order valence-electron chi connectivity index (χ1n) is 7.86. The number of rotatable bonds is 5. The summed E-state index contributed by atoms with van der Waals surface area (Å²) in [5.74, 6) is -0.589. The molecule has 2 aromatic heterocycles. The highest BCUT2D eigenvalue weighted by atomic mass is 79.9. The number of aromatic hydroxyl groups is 1. The monoisotopic (exact) mass is 422 g/mol. The second kappa shape index (κ2) is 7.28. The lowest BCUT2D eigenvalue weighted by Crippen LogP contribution is -2.10. The number of fused-ring (bicyclic) bond motifs is 1. The van der Waals surface area contributed by atoms with Crippen LogP contribution in [0.1, 0.15) is 35.8 Å². The largest absolute Gasteiger partial charge is 0.506 e. The summed E-state index contributed by atoms with van der Waals surface area (Å²) >= 11 is 3.12. The Labute approximate surface area is 156 Å². The molecular weight excluding hydrogens is 407 g/mol. The standard InChI is InChI=1S/C17H16BrFN4O3/c1-3-26-17(25)12-8-20-23-5-4-14(22-16(12)23)21-9(2)11-6-10(19)7-13(18)15(11)24/h4-9,24H,3H2,1-2H3,(H,21,22)/t9-/m0/s1. The molecule has 0 aliphatic heterocycles. The molecule has 26 heavy (non-hydrogen) atoms. The lowest BCUT2D eigenvalue weighted by Gasteiger charge is -2.17. The maximum atomic E-state index is 13.6. The van der Waals surface area contributed by atoms with Gasteiger partial charge in [-0.15, -0.1) is 0 Å². The molecule has 1 atom stereocenters. The number of esters is 1. The number of anilines is 1. The quantitative estimate of drug-likeness (QED) is 0.609. The van der Waals surface area contributed by atoms with Gasteiger partial charge in [0.2, 0.25) is 0 Å². The fraction of sp³-hybridized carbons (Fsp3) is 0.235. The first-order valence-corrected chi connectivity index (χ1v) is 8.66. The van der Waals surface area contributed by atoms with Gasteiger partial charge in [-0.3, -0.25) is 0 Å². The third-order valence-corrected chi connectivity index (χ3v) is 4.36. The minimum atomic E-state index is -0.507. The number of nitrogens with one attached hydrogen (secondary N) is 1. The average Bonchev–Trinajstić information content (AvgIpc) is 3.01. The molecule has 0 bridgehead atoms. The molecule has 0 radical (unpaired) electrons. The summed E-state index contributed by atoms with van der Waals surface area (Å²) in [4.78, 5) is 16.4. The third kappa shape index (κ3) is 3.48. The van der Waals surface area contributed by atoms with Crippen LogP contribution >= 0.6 is 15.9 Å². The number of carbonyl (C=O) groups is 1. The van der Waals surface area contributed by atoms with E-state index in [1.807, 2.05) is 0 Å². The van der Waals surface area contributed by atoms with E-state index in [-0.39, 0.29) is 22.4 Å². The summed E-state index contributed by atoms with van der Waals surface area (Å²) in [6, 6.07) is 3.66. The van der Waals surface area contributed by atoms with E-state index in [4.69, 9.17) is 4.74 Å². The van der Waals surface area contributed by atoms with Crippen molar-refractivity contribution >= 4 is 33.4 Å². The van der Waals surface area contributed by atoms with E-state index >= 15 is 0 Å². The number of carbonyl (C=O) groups excluding carboxylic acids is 1. The molecule has 2 N–H and O–H groups in total. The van der Waals surface area contributed by atoms with Crippen LogP contribution in [-0.4, -0.2) is 32.3 Å². The number of phenolic OH excluding ortho intramolecular Hbond substituents is 1. The van der Waals surface area contributed by atoms with Gasteiger partial charge in [0, 0.05) is 11.8 Å². The fourth-order valence-corrected chi connectivity index (χ4v) is 2.97. The van der Waals surface area contributed by atoms with Crippen LogP contribution in [0.25, 0.3) is 5.65 Å². The van der Waals surface area contributed by atoms with Crippen LogP contribution in [-0.2, 0) is 4.74 Å². The Kier molecular flexibility index (Phi) is 5.08. The molecule has 0 unspecified atom stereocenters. The topological polar surface area (TPSA) is 88.8 Å². The first kappa shape index (κ1) is 18.1. The highest BCUT2D eigenvalue weighted by Gasteiger charge is 2.18. The molecule has 9 heteroatoms. The summed E-state index contributed by atoms with van der Waals surface area (Å²) in [5.41, 5.74) is 0.961. The molecule has 2 heterocycles. The maximum absolute atomic E-state index is 13.6. The Bertz CT molecular complexity index is 976. The van der Waals surface area contributed by atoms with Crippen LogP contribution in [0.2, 0.25) is 0 Å². The second-order valence-corrected chi connectivity index (χ2v) is 6.41. The minimum Gasteiger partial charge on any atom is -0.506 e. The minimum absolute atomic E-state index is 0.0518. The predicted molar refractivity (Wildman–Crippen MR) is 96.7 cm³/mol. The van der Waals surface area contributed by atoms with E-state index in [1.165, 1.54) is 22.8 Å². The number of phenols is 1. The summed E-state index contributed by atoms with van der Waals surface area (Å²) in [5, 5.41) is 17.3. The molecule has 0 saturated heterocycles. The zero-order chi connectivity index (χ0) is 18.8. The lowest BCUT2D eigenvalue weighted by molar-refractivity contribution is 0.0528. The molecule has 7 nitrogen and oxygen atoms in total. The SMILES string of the molecule is CCOC(=O)c1cnn2ccc(N[C@@H](C)c3cc(F)cc(Br)c3O)nc12. The van der Waals surface area contributed by atoms with Gasteiger partial charge in [0.15, 0.2) is 5.65 Å². The molecule has 3 aromatic rings. The Morgan fingerprint density at radius 1 is 1.50 bits per heavy atom. The third-order valence-electron chi connectivity index (χ3n) is 3.75. The molecule has 0 spiro atoms. The van der Waals surface area contributed by atoms with Crippen molar-refractivity contribution in [3.63, 3.8) is 0 Å². The smallest absolute Gasteiger partial charge is 0.343 e. The predicted octanol–water partition coefficient (Wildman–Crippen LogP) is 3.69. The Balaban J connectivity index is 1.91. The van der Waals surface area contributed by atoms with Gasteiger partial charge in [0.05, 0.1) is 23.3 Å². The summed E-state index contributed by atoms with van der Waals surface area (Å²) in [6.07, 6.45) is 3.03. The van der Waals surface area contributed by atoms with Crippen molar-refractivity contribution < 1.29 is 19.0 Å². The van der Waals surface area contributed by atoms with Crippen LogP contribution in [0.15, 0.2) is 35.1 Å². The van der Waals surface area contributed by atoms with Gasteiger partial charge in [0.1, 0.15) is 22.9 Å². The first-order chi connectivity index (χ1) is 12.4. The molecule has 1 aromatic carbocycles. The van der Waals surface area contributed by atoms with Gasteiger partial charge in [0.25, 0.3) is 0 Å². The number of hydrogen-bond donors (Lipinski definition) is 2. The van der Waals surface area contributed by atoms with Crippen molar-refractivity contribution in [2.75, 3.05) is 11.9 Å². The molecule has 136 valence electrons. The molecule has 3 rings (SSSR count). The van der Waals surface area contributed by atoms with E-state index in [1.54, 1.807) is 26.1 Å². The average molecular weight is 423 g/mol. The molecule has 0 aliphatic rings. The fourth-order valence-electron chi connectivity index (χ4n) is 2.52. The highest BCUT2D eigenvalue weighted by molar-refractivity contribution is 9.10. The normalized spacial score (nSPS) is 12.2. The molecule has 0 amide bonds. The molecule has 0 fully saturated rings. The molecule has 0 saturated carbocycles. The number of benzene rings is 1. The van der Waals surface area contributed by atoms with Gasteiger partial charge in [-0.25, -0.2) is 18.7 Å². The Hall–Kier alpha value is -2.68. The van der Waals surface area contributed by atoms with E-state index in [9.17, 15) is 14.3 Å². The van der Waals surface area contributed by atoms with Crippen molar-refractivity contribution in [1.82, 2.24) is 14.6 Å².